The Hall–Kier alpha value is -1.00. The first-order valence-corrected chi connectivity index (χ1v) is 5.42. The molecular formula is C10H13NO2S. The van der Waals surface area contributed by atoms with E-state index in [0.717, 1.165) is 5.75 Å². The molecular weight excluding hydrogens is 198 g/mol. The molecule has 4 heteroatoms. The summed E-state index contributed by atoms with van der Waals surface area (Å²) in [6.45, 7) is 0. The SMILES string of the molecule is CONC(=O)CSCc1ccccc1. The van der Waals surface area contributed by atoms with E-state index in [1.54, 1.807) is 11.8 Å². The van der Waals surface area contributed by atoms with Crippen molar-refractivity contribution in [3.8, 4) is 0 Å². The van der Waals surface area contributed by atoms with Crippen molar-refractivity contribution in [1.82, 2.24) is 5.48 Å². The van der Waals surface area contributed by atoms with Crippen LogP contribution in [0.25, 0.3) is 0 Å². The summed E-state index contributed by atoms with van der Waals surface area (Å²) in [6, 6.07) is 10.0. The number of hydrogen-bond acceptors (Lipinski definition) is 3. The second-order valence-corrected chi connectivity index (χ2v) is 3.69. The molecule has 0 saturated heterocycles. The summed E-state index contributed by atoms with van der Waals surface area (Å²) in [7, 11) is 1.43. The van der Waals surface area contributed by atoms with E-state index < -0.39 is 0 Å². The van der Waals surface area contributed by atoms with E-state index in [9.17, 15) is 4.79 Å². The van der Waals surface area contributed by atoms with Crippen LogP contribution in [0.3, 0.4) is 0 Å². The summed E-state index contributed by atoms with van der Waals surface area (Å²) in [4.78, 5) is 15.5. The number of amides is 1. The highest BCUT2D eigenvalue weighted by Gasteiger charge is 1.99. The van der Waals surface area contributed by atoms with Crippen molar-refractivity contribution < 1.29 is 9.63 Å². The molecule has 0 aliphatic carbocycles. The van der Waals surface area contributed by atoms with Crippen molar-refractivity contribution in [1.29, 1.82) is 0 Å². The number of rotatable bonds is 5. The van der Waals surface area contributed by atoms with Gasteiger partial charge in [-0.15, -0.1) is 11.8 Å². The zero-order valence-corrected chi connectivity index (χ0v) is 8.84. The van der Waals surface area contributed by atoms with Gasteiger partial charge in [-0.25, -0.2) is 5.48 Å². The number of nitrogens with one attached hydrogen (secondary N) is 1. The van der Waals surface area contributed by atoms with E-state index in [2.05, 4.69) is 10.3 Å². The van der Waals surface area contributed by atoms with Crippen molar-refractivity contribution in [2.24, 2.45) is 0 Å². The minimum atomic E-state index is -0.103. The van der Waals surface area contributed by atoms with Gasteiger partial charge in [-0.2, -0.15) is 0 Å². The monoisotopic (exact) mass is 211 g/mol. The number of thioether (sulfide) groups is 1. The molecule has 0 aliphatic heterocycles. The molecule has 1 rings (SSSR count). The van der Waals surface area contributed by atoms with Gasteiger partial charge in [0.1, 0.15) is 0 Å². The van der Waals surface area contributed by atoms with Gasteiger partial charge in [-0.1, -0.05) is 30.3 Å². The Morgan fingerprint density at radius 3 is 2.79 bits per heavy atom. The zero-order valence-electron chi connectivity index (χ0n) is 8.03. The minimum Gasteiger partial charge on any atom is -0.277 e. The normalized spacial score (nSPS) is 9.79. The highest BCUT2D eigenvalue weighted by Crippen LogP contribution is 2.10. The van der Waals surface area contributed by atoms with Crippen LogP contribution < -0.4 is 5.48 Å². The van der Waals surface area contributed by atoms with E-state index in [1.165, 1.54) is 12.7 Å². The summed E-state index contributed by atoms with van der Waals surface area (Å²) < 4.78 is 0. The van der Waals surface area contributed by atoms with Gasteiger partial charge in [-0.05, 0) is 5.56 Å². The molecule has 1 aromatic carbocycles. The largest absolute Gasteiger partial charge is 0.277 e. The minimum absolute atomic E-state index is 0.103. The molecule has 76 valence electrons. The van der Waals surface area contributed by atoms with Crippen molar-refractivity contribution in [2.75, 3.05) is 12.9 Å². The second-order valence-electron chi connectivity index (χ2n) is 2.71. The van der Waals surface area contributed by atoms with Crippen LogP contribution in [0.2, 0.25) is 0 Å². The van der Waals surface area contributed by atoms with Crippen LogP contribution in [0.4, 0.5) is 0 Å². The molecule has 1 aromatic rings. The third-order valence-corrected chi connectivity index (χ3v) is 2.56. The molecule has 0 radical (unpaired) electrons. The quantitative estimate of drug-likeness (QED) is 0.752. The maximum absolute atomic E-state index is 11.0. The van der Waals surface area contributed by atoms with Gasteiger partial charge in [0.25, 0.3) is 5.91 Å². The van der Waals surface area contributed by atoms with Crippen LogP contribution >= 0.6 is 11.8 Å². The van der Waals surface area contributed by atoms with Crippen LogP contribution in [-0.2, 0) is 15.4 Å². The van der Waals surface area contributed by atoms with Crippen LogP contribution in [0, 0.1) is 0 Å². The molecule has 0 bridgehead atoms. The summed E-state index contributed by atoms with van der Waals surface area (Å²) >= 11 is 1.56. The van der Waals surface area contributed by atoms with Crippen LogP contribution in [-0.4, -0.2) is 18.8 Å². The zero-order chi connectivity index (χ0) is 10.2. The van der Waals surface area contributed by atoms with Gasteiger partial charge >= 0.3 is 0 Å². The van der Waals surface area contributed by atoms with Gasteiger partial charge < -0.3 is 0 Å². The molecule has 1 N–H and O–H groups in total. The van der Waals surface area contributed by atoms with Crippen LogP contribution in [0.5, 0.6) is 0 Å². The maximum atomic E-state index is 11.0. The number of hydroxylamine groups is 1. The Balaban J connectivity index is 2.19. The summed E-state index contributed by atoms with van der Waals surface area (Å²) in [5.74, 6) is 1.16. The summed E-state index contributed by atoms with van der Waals surface area (Å²) in [5.41, 5.74) is 3.50. The van der Waals surface area contributed by atoms with Gasteiger partial charge in [-0.3, -0.25) is 9.63 Å². The molecule has 1 amide bonds. The molecule has 0 saturated carbocycles. The van der Waals surface area contributed by atoms with Gasteiger partial charge in [0.2, 0.25) is 0 Å². The fraction of sp³-hybridized carbons (Fsp3) is 0.300. The molecule has 0 atom stereocenters. The fourth-order valence-corrected chi connectivity index (χ4v) is 1.75. The Morgan fingerprint density at radius 2 is 2.14 bits per heavy atom. The predicted octanol–water partition coefficient (Wildman–Crippen LogP) is 1.60. The van der Waals surface area contributed by atoms with Crippen molar-refractivity contribution in [3.63, 3.8) is 0 Å². The molecule has 14 heavy (non-hydrogen) atoms. The number of hydrogen-bond donors (Lipinski definition) is 1. The predicted molar refractivity (Wildman–Crippen MR) is 57.8 cm³/mol. The number of carbonyl (C=O) groups excluding carboxylic acids is 1. The smallest absolute Gasteiger partial charge is 0.253 e. The van der Waals surface area contributed by atoms with Crippen LogP contribution in [0.15, 0.2) is 30.3 Å². The van der Waals surface area contributed by atoms with Crippen molar-refractivity contribution in [3.05, 3.63) is 35.9 Å². The van der Waals surface area contributed by atoms with E-state index in [4.69, 9.17) is 0 Å². The van der Waals surface area contributed by atoms with Crippen molar-refractivity contribution in [2.45, 2.75) is 5.75 Å². The molecule has 0 spiro atoms. The van der Waals surface area contributed by atoms with Crippen molar-refractivity contribution >= 4 is 17.7 Å². The lowest BCUT2D eigenvalue weighted by molar-refractivity contribution is -0.128. The van der Waals surface area contributed by atoms with Crippen LogP contribution in [0.1, 0.15) is 5.56 Å². The average molecular weight is 211 g/mol. The fourth-order valence-electron chi connectivity index (χ4n) is 0.979. The molecule has 3 nitrogen and oxygen atoms in total. The highest BCUT2D eigenvalue weighted by molar-refractivity contribution is 7.99. The lowest BCUT2D eigenvalue weighted by atomic mass is 10.2. The Kier molecular flexibility index (Phi) is 5.11. The molecule has 0 aromatic heterocycles. The summed E-state index contributed by atoms with van der Waals surface area (Å²) in [6.07, 6.45) is 0. The standard InChI is InChI=1S/C10H13NO2S/c1-13-11-10(12)8-14-7-9-5-3-2-4-6-9/h2-6H,7-8H2,1H3,(H,11,12). The van der Waals surface area contributed by atoms with E-state index >= 15 is 0 Å². The van der Waals surface area contributed by atoms with Gasteiger partial charge in [0.05, 0.1) is 12.9 Å². The molecule has 0 heterocycles. The first-order chi connectivity index (χ1) is 6.83. The average Bonchev–Trinajstić information content (AvgIpc) is 2.20. The molecule has 0 fully saturated rings. The summed E-state index contributed by atoms with van der Waals surface area (Å²) in [5, 5.41) is 0. The highest BCUT2D eigenvalue weighted by atomic mass is 32.2. The Morgan fingerprint density at radius 1 is 1.43 bits per heavy atom. The second kappa shape index (κ2) is 6.45. The lowest BCUT2D eigenvalue weighted by Crippen LogP contribution is -2.23. The third-order valence-electron chi connectivity index (χ3n) is 1.56. The molecule has 0 aliphatic rings. The van der Waals surface area contributed by atoms with E-state index in [1.807, 2.05) is 30.3 Å². The number of carbonyl (C=O) groups is 1. The maximum Gasteiger partial charge on any atom is 0.253 e. The van der Waals surface area contributed by atoms with Gasteiger partial charge in [0.15, 0.2) is 0 Å². The third kappa shape index (κ3) is 4.30. The Bertz CT molecular complexity index is 277. The molecule has 0 unspecified atom stereocenters. The Labute approximate surface area is 87.8 Å². The lowest BCUT2D eigenvalue weighted by Gasteiger charge is -2.02. The van der Waals surface area contributed by atoms with E-state index in [-0.39, 0.29) is 5.91 Å². The van der Waals surface area contributed by atoms with E-state index in [0.29, 0.717) is 5.75 Å². The first kappa shape index (κ1) is 11.1. The van der Waals surface area contributed by atoms with Gasteiger partial charge in [0, 0.05) is 5.75 Å². The number of benzene rings is 1. The topological polar surface area (TPSA) is 38.3 Å². The first-order valence-electron chi connectivity index (χ1n) is 4.26.